The second kappa shape index (κ2) is 8.23. The molecule has 0 radical (unpaired) electrons. The molecule has 4 saturated carbocycles. The van der Waals surface area contributed by atoms with Gasteiger partial charge in [0, 0.05) is 23.4 Å². The molecular formula is C22H31FN4O3S2. The number of carbonyl (C=O) groups is 1. The lowest BCUT2D eigenvalue weighted by molar-refractivity contribution is -0.132. The van der Waals surface area contributed by atoms with Crippen LogP contribution in [0, 0.1) is 17.7 Å². The van der Waals surface area contributed by atoms with E-state index in [0.29, 0.717) is 30.7 Å². The van der Waals surface area contributed by atoms with Crippen LogP contribution in [0.15, 0.2) is 29.2 Å². The quantitative estimate of drug-likeness (QED) is 0.546. The Bertz CT molecular complexity index is 973. The van der Waals surface area contributed by atoms with Crippen molar-refractivity contribution in [1.29, 1.82) is 0 Å². The molecule has 1 aromatic carbocycles. The number of nitrogens with two attached hydrogens (primary N) is 1. The third-order valence-corrected chi connectivity index (χ3v) is 10.4. The average Bonchev–Trinajstić information content (AvgIpc) is 3.19. The van der Waals surface area contributed by atoms with E-state index in [2.05, 4.69) is 10.0 Å². The molecule has 1 aliphatic heterocycles. The zero-order valence-electron chi connectivity index (χ0n) is 18.1. The van der Waals surface area contributed by atoms with Crippen LogP contribution in [0.2, 0.25) is 0 Å². The van der Waals surface area contributed by atoms with Gasteiger partial charge in [-0.2, -0.15) is 0 Å². The summed E-state index contributed by atoms with van der Waals surface area (Å²) in [6, 6.07) is 5.07. The van der Waals surface area contributed by atoms with Crippen molar-refractivity contribution in [3.8, 4) is 0 Å². The predicted molar refractivity (Wildman–Crippen MR) is 122 cm³/mol. The Morgan fingerprint density at radius 1 is 1.16 bits per heavy atom. The van der Waals surface area contributed by atoms with Gasteiger partial charge >= 0.3 is 0 Å². The Hall–Kier alpha value is -1.20. The lowest BCUT2D eigenvalue weighted by Crippen LogP contribution is -2.69. The summed E-state index contributed by atoms with van der Waals surface area (Å²) in [6.07, 6.45) is 5.39. The van der Waals surface area contributed by atoms with Gasteiger partial charge in [-0.1, -0.05) is 0 Å². The minimum atomic E-state index is -3.76. The van der Waals surface area contributed by atoms with Crippen molar-refractivity contribution < 1.29 is 17.6 Å². The molecule has 176 valence electrons. The van der Waals surface area contributed by atoms with Crippen molar-refractivity contribution in [3.63, 3.8) is 0 Å². The van der Waals surface area contributed by atoms with Gasteiger partial charge in [0.25, 0.3) is 0 Å². The molecule has 10 heteroatoms. The molecule has 1 heterocycles. The maximum Gasteiger partial charge on any atom is 0.241 e. The van der Waals surface area contributed by atoms with Crippen LogP contribution in [0.4, 0.5) is 4.39 Å². The van der Waals surface area contributed by atoms with Gasteiger partial charge < -0.3 is 16.0 Å². The first-order valence-corrected chi connectivity index (χ1v) is 14.0. The van der Waals surface area contributed by atoms with Crippen LogP contribution in [0.25, 0.3) is 0 Å². The minimum absolute atomic E-state index is 0.0714. The van der Waals surface area contributed by atoms with E-state index in [0.717, 1.165) is 37.9 Å². The van der Waals surface area contributed by atoms with Gasteiger partial charge in [0.2, 0.25) is 15.9 Å². The van der Waals surface area contributed by atoms with E-state index in [9.17, 15) is 17.6 Å². The molecule has 1 saturated heterocycles. The van der Waals surface area contributed by atoms with Crippen LogP contribution < -0.4 is 15.8 Å². The molecule has 0 aromatic heterocycles. The summed E-state index contributed by atoms with van der Waals surface area (Å²) < 4.78 is 42.5. The predicted octanol–water partition coefficient (Wildman–Crippen LogP) is 1.65. The SMILES string of the molecule is NCC1CSCN1C(=O)CNC12CC3CC(C1)CC(NS(=O)(=O)c1ccc(F)cc1)(C3)C2. The molecule has 4 aliphatic carbocycles. The summed E-state index contributed by atoms with van der Waals surface area (Å²) >= 11 is 1.73. The number of sulfonamides is 1. The molecule has 0 spiro atoms. The van der Waals surface area contributed by atoms with Gasteiger partial charge in [0.05, 0.1) is 23.4 Å². The largest absolute Gasteiger partial charge is 0.328 e. The highest BCUT2D eigenvalue weighted by atomic mass is 32.2. The average molecular weight is 483 g/mol. The molecule has 5 fully saturated rings. The summed E-state index contributed by atoms with van der Waals surface area (Å²) in [5.74, 6) is 2.05. The summed E-state index contributed by atoms with van der Waals surface area (Å²) in [7, 11) is -3.76. The van der Waals surface area contributed by atoms with Gasteiger partial charge in [0.15, 0.2) is 0 Å². The van der Waals surface area contributed by atoms with Crippen molar-refractivity contribution in [2.24, 2.45) is 17.6 Å². The van der Waals surface area contributed by atoms with Crippen LogP contribution in [-0.4, -0.2) is 61.1 Å². The summed E-state index contributed by atoms with van der Waals surface area (Å²) in [5, 5.41) is 3.58. The number of hydrogen-bond acceptors (Lipinski definition) is 6. The molecule has 32 heavy (non-hydrogen) atoms. The number of nitrogens with zero attached hydrogens (tertiary/aromatic N) is 1. The van der Waals surface area contributed by atoms with Crippen molar-refractivity contribution in [3.05, 3.63) is 30.1 Å². The Labute approximate surface area is 193 Å². The molecular weight excluding hydrogens is 451 g/mol. The minimum Gasteiger partial charge on any atom is -0.328 e. The fraction of sp³-hybridized carbons (Fsp3) is 0.682. The molecule has 6 rings (SSSR count). The zero-order valence-corrected chi connectivity index (χ0v) is 19.7. The monoisotopic (exact) mass is 482 g/mol. The van der Waals surface area contributed by atoms with Gasteiger partial charge in [-0.3, -0.25) is 4.79 Å². The highest BCUT2D eigenvalue weighted by Gasteiger charge is 2.58. The zero-order chi connectivity index (χ0) is 22.6. The number of thioether (sulfide) groups is 1. The van der Waals surface area contributed by atoms with Crippen LogP contribution in [-0.2, 0) is 14.8 Å². The van der Waals surface area contributed by atoms with Gasteiger partial charge in [0.1, 0.15) is 5.82 Å². The number of nitrogens with one attached hydrogen (secondary N) is 2. The number of halogens is 1. The fourth-order valence-corrected chi connectivity index (χ4v) is 9.53. The fourth-order valence-electron chi connectivity index (χ4n) is 6.86. The van der Waals surface area contributed by atoms with E-state index >= 15 is 0 Å². The maximum absolute atomic E-state index is 13.3. The number of benzene rings is 1. The highest BCUT2D eigenvalue weighted by Crippen LogP contribution is 2.57. The van der Waals surface area contributed by atoms with Gasteiger partial charge in [-0.25, -0.2) is 17.5 Å². The standard InChI is InChI=1S/C22H31FN4O3S2/c23-17-1-3-19(4-2-17)32(29,30)26-22-8-15-5-16(9-22)7-21(6-15,13-22)25-11-20(28)27-14-31-12-18(27)10-24/h1-4,15-16,18,25-26H,5-14,24H2. The Morgan fingerprint density at radius 2 is 1.81 bits per heavy atom. The van der Waals surface area contributed by atoms with E-state index < -0.39 is 21.4 Å². The summed E-state index contributed by atoms with van der Waals surface area (Å²) in [4.78, 5) is 14.8. The van der Waals surface area contributed by atoms with Crippen LogP contribution in [0.3, 0.4) is 0 Å². The lowest BCUT2D eigenvalue weighted by Gasteiger charge is -2.62. The molecule has 1 aromatic rings. The maximum atomic E-state index is 13.3. The normalized spacial score (nSPS) is 36.1. The molecule has 3 unspecified atom stereocenters. The van der Waals surface area contributed by atoms with E-state index in [1.165, 1.54) is 24.3 Å². The van der Waals surface area contributed by atoms with E-state index in [1.807, 2.05) is 4.90 Å². The third-order valence-electron chi connectivity index (χ3n) is 7.72. The Kier molecular flexibility index (Phi) is 5.81. The molecule has 7 nitrogen and oxygen atoms in total. The van der Waals surface area contributed by atoms with Crippen molar-refractivity contribution in [1.82, 2.24) is 14.9 Å². The molecule has 4 bridgehead atoms. The van der Waals surface area contributed by atoms with E-state index in [-0.39, 0.29) is 28.9 Å². The molecule has 1 amide bonds. The summed E-state index contributed by atoms with van der Waals surface area (Å²) in [6.45, 7) is 0.736. The first-order valence-electron chi connectivity index (χ1n) is 11.3. The first-order chi connectivity index (χ1) is 15.2. The Morgan fingerprint density at radius 3 is 2.47 bits per heavy atom. The van der Waals surface area contributed by atoms with Crippen molar-refractivity contribution >= 4 is 27.7 Å². The lowest BCUT2D eigenvalue weighted by atomic mass is 9.50. The Balaban J connectivity index is 1.31. The molecule has 3 atom stereocenters. The van der Waals surface area contributed by atoms with Gasteiger partial charge in [-0.05, 0) is 74.6 Å². The number of hydrogen-bond donors (Lipinski definition) is 3. The van der Waals surface area contributed by atoms with E-state index in [1.54, 1.807) is 11.8 Å². The second-order valence-electron chi connectivity index (χ2n) is 10.2. The highest BCUT2D eigenvalue weighted by molar-refractivity contribution is 7.99. The van der Waals surface area contributed by atoms with Crippen molar-refractivity contribution in [2.75, 3.05) is 24.7 Å². The third kappa shape index (κ3) is 4.20. The summed E-state index contributed by atoms with van der Waals surface area (Å²) in [5.41, 5.74) is 5.08. The molecule has 4 N–H and O–H groups in total. The first kappa shape index (κ1) is 22.6. The van der Waals surface area contributed by atoms with Crippen LogP contribution >= 0.6 is 11.8 Å². The number of carbonyl (C=O) groups excluding carboxylic acids is 1. The number of amides is 1. The number of rotatable bonds is 7. The smallest absolute Gasteiger partial charge is 0.241 e. The van der Waals surface area contributed by atoms with Crippen molar-refractivity contribution in [2.45, 2.75) is 60.5 Å². The van der Waals surface area contributed by atoms with Gasteiger partial charge in [-0.15, -0.1) is 11.8 Å². The van der Waals surface area contributed by atoms with E-state index in [4.69, 9.17) is 5.73 Å². The van der Waals surface area contributed by atoms with Crippen LogP contribution in [0.1, 0.15) is 38.5 Å². The molecule has 5 aliphatic rings. The second-order valence-corrected chi connectivity index (χ2v) is 12.9. The topological polar surface area (TPSA) is 105 Å². The van der Waals surface area contributed by atoms with Crippen LogP contribution in [0.5, 0.6) is 0 Å².